The maximum absolute atomic E-state index is 5.10. The Morgan fingerprint density at radius 3 is 0.750 bits per heavy atom. The van der Waals surface area contributed by atoms with Crippen molar-refractivity contribution >= 4 is 57.5 Å². The van der Waals surface area contributed by atoms with E-state index in [-0.39, 0.29) is 0 Å². The fourth-order valence-corrected chi connectivity index (χ4v) is 0. The lowest BCUT2D eigenvalue weighted by molar-refractivity contribution is 2.67. The molecular weight excluding hydrogens is 271 g/mol. The Bertz CT molecular complexity index is 79.0. The van der Waals surface area contributed by atoms with E-state index >= 15 is 0 Å². The molecule has 0 aliphatic carbocycles. The zero-order valence-electron chi connectivity index (χ0n) is 6.49. The van der Waals surface area contributed by atoms with Gasteiger partial charge in [-0.3, -0.25) is 0 Å². The second kappa shape index (κ2) is 29.4. The highest BCUT2D eigenvalue weighted by Crippen LogP contribution is 2.14. The molecule has 0 radical (unpaired) electrons. The second-order valence-corrected chi connectivity index (χ2v) is 4.78. The molecule has 0 aromatic carbocycles. The first-order valence-corrected chi connectivity index (χ1v) is 8.93. The Hall–Kier alpha value is 1.38. The lowest BCUT2D eigenvalue weighted by Crippen LogP contribution is -1.03. The Kier molecular flexibility index (Phi) is 46.7. The number of halogens is 3. The standard InChI is InChI=1S/3C2H4ClP/c3*1-2-4-3/h3*2,4H,1H2. The van der Waals surface area contributed by atoms with E-state index in [2.05, 4.69) is 19.7 Å². The van der Waals surface area contributed by atoms with E-state index in [1.54, 1.807) is 17.5 Å². The Morgan fingerprint density at radius 1 is 0.667 bits per heavy atom. The Labute approximate surface area is 94.5 Å². The van der Waals surface area contributed by atoms with Crippen LogP contribution in [0.4, 0.5) is 0 Å². The highest BCUT2D eigenvalue weighted by molar-refractivity contribution is 7.71. The van der Waals surface area contributed by atoms with Gasteiger partial charge in [0.15, 0.2) is 0 Å². The minimum absolute atomic E-state index is 0.377. The lowest BCUT2D eigenvalue weighted by atomic mass is 11.3. The van der Waals surface area contributed by atoms with Crippen LogP contribution in [0.15, 0.2) is 37.2 Å². The van der Waals surface area contributed by atoms with Gasteiger partial charge in [0.25, 0.3) is 0 Å². The first kappa shape index (κ1) is 19.0. The molecule has 0 amide bonds. The van der Waals surface area contributed by atoms with Crippen LogP contribution in [-0.2, 0) is 0 Å². The van der Waals surface area contributed by atoms with Crippen LogP contribution in [-0.4, -0.2) is 0 Å². The van der Waals surface area contributed by atoms with Crippen LogP contribution in [0.25, 0.3) is 0 Å². The molecule has 0 N–H and O–H groups in total. The van der Waals surface area contributed by atoms with Gasteiger partial charge in [-0.15, -0.1) is 0 Å². The van der Waals surface area contributed by atoms with Gasteiger partial charge in [-0.25, -0.2) is 0 Å². The van der Waals surface area contributed by atoms with Gasteiger partial charge in [-0.2, -0.15) is 0 Å². The summed E-state index contributed by atoms with van der Waals surface area (Å²) < 4.78 is 0. The molecule has 3 unspecified atom stereocenters. The van der Waals surface area contributed by atoms with E-state index in [0.717, 1.165) is 0 Å². The molecule has 0 aromatic rings. The van der Waals surface area contributed by atoms with E-state index in [1.165, 1.54) is 0 Å². The number of hydrogen-bond donors (Lipinski definition) is 0. The monoisotopic (exact) mass is 282 g/mol. The van der Waals surface area contributed by atoms with Gasteiger partial charge in [0.2, 0.25) is 0 Å². The van der Waals surface area contributed by atoms with Gasteiger partial charge in [0.05, 0.1) is 0 Å². The van der Waals surface area contributed by atoms with Crippen molar-refractivity contribution in [3.8, 4) is 0 Å². The van der Waals surface area contributed by atoms with E-state index < -0.39 is 0 Å². The SMILES string of the molecule is C=CPCl.C=CPCl.C=CPCl. The summed E-state index contributed by atoms with van der Waals surface area (Å²) in [5.74, 6) is 5.00. The fraction of sp³-hybridized carbons (Fsp3) is 0. The molecule has 0 aliphatic heterocycles. The van der Waals surface area contributed by atoms with Crippen molar-refractivity contribution in [1.82, 2.24) is 0 Å². The molecule has 0 heterocycles. The van der Waals surface area contributed by atoms with Gasteiger partial charge in [-0.1, -0.05) is 70.9 Å². The second-order valence-electron chi connectivity index (χ2n) is 0.940. The summed E-state index contributed by atoms with van der Waals surface area (Å²) in [6.07, 6.45) is 0. The van der Waals surface area contributed by atoms with E-state index in [4.69, 9.17) is 33.7 Å². The van der Waals surface area contributed by atoms with Crippen LogP contribution in [0.5, 0.6) is 0 Å². The summed E-state index contributed by atoms with van der Waals surface area (Å²) in [5.41, 5.74) is 0. The lowest BCUT2D eigenvalue weighted by Gasteiger charge is -1.55. The van der Waals surface area contributed by atoms with E-state index in [1.807, 2.05) is 0 Å². The first-order chi connectivity index (χ1) is 5.74. The summed E-state index contributed by atoms with van der Waals surface area (Å²) in [4.78, 5) is 0. The fourth-order valence-electron chi connectivity index (χ4n) is 0. The maximum Gasteiger partial charge on any atom is -0.00143 e. The zero-order valence-corrected chi connectivity index (χ0v) is 11.8. The number of hydrogen-bond acceptors (Lipinski definition) is 0. The third-order valence-corrected chi connectivity index (χ3v) is 2.08. The molecule has 0 aromatic heterocycles. The average molecular weight is 283 g/mol. The summed E-state index contributed by atoms with van der Waals surface area (Å²) in [6.45, 7) is 10.1. The Balaban J connectivity index is -0.000000101. The third kappa shape index (κ3) is 63.9. The topological polar surface area (TPSA) is 0 Å². The maximum atomic E-state index is 5.10. The molecule has 0 rings (SSSR count). The van der Waals surface area contributed by atoms with Crippen LogP contribution in [0, 0.1) is 0 Å². The molecule has 0 nitrogen and oxygen atoms in total. The summed E-state index contributed by atoms with van der Waals surface area (Å²) in [6, 6.07) is 0. The molecule has 0 bridgehead atoms. The molecule has 6 heteroatoms. The predicted octanol–water partition coefficient (Wildman–Crippen LogP) is 5.89. The minimum Gasteiger partial charge on any atom is -0.0977 e. The van der Waals surface area contributed by atoms with Crippen molar-refractivity contribution in [3.63, 3.8) is 0 Å². The third-order valence-electron chi connectivity index (χ3n) is 0.231. The molecule has 0 saturated heterocycles. The highest BCUT2D eigenvalue weighted by Gasteiger charge is 1.48. The smallest absolute Gasteiger partial charge is 0.00143 e. The summed E-state index contributed by atoms with van der Waals surface area (Å²) >= 11 is 15.3. The molecule has 0 aliphatic rings. The molecule has 3 atom stereocenters. The molecular formula is C6H12Cl3P3. The van der Waals surface area contributed by atoms with Gasteiger partial charge in [0, 0.05) is 0 Å². The van der Waals surface area contributed by atoms with E-state index in [0.29, 0.717) is 23.8 Å². The van der Waals surface area contributed by atoms with Gasteiger partial charge < -0.3 is 0 Å². The zero-order chi connectivity index (χ0) is 10.2. The van der Waals surface area contributed by atoms with Crippen LogP contribution >= 0.6 is 57.5 Å². The van der Waals surface area contributed by atoms with Crippen molar-refractivity contribution in [2.45, 2.75) is 0 Å². The van der Waals surface area contributed by atoms with Crippen LogP contribution in [0.2, 0.25) is 0 Å². The minimum atomic E-state index is 0.377. The van der Waals surface area contributed by atoms with E-state index in [9.17, 15) is 0 Å². The molecule has 72 valence electrons. The summed E-state index contributed by atoms with van der Waals surface area (Å²) in [5, 5.41) is 0. The average Bonchev–Trinajstić information content (AvgIpc) is 2.18. The predicted molar refractivity (Wildman–Crippen MR) is 73.1 cm³/mol. The van der Waals surface area contributed by atoms with Crippen molar-refractivity contribution in [2.24, 2.45) is 0 Å². The van der Waals surface area contributed by atoms with Gasteiger partial charge in [0.1, 0.15) is 0 Å². The molecule has 0 saturated carbocycles. The van der Waals surface area contributed by atoms with Crippen LogP contribution in [0.1, 0.15) is 0 Å². The normalized spacial score (nSPS) is 9.25. The van der Waals surface area contributed by atoms with Crippen LogP contribution < -0.4 is 0 Å². The largest absolute Gasteiger partial charge is 0.0977 e. The van der Waals surface area contributed by atoms with Crippen molar-refractivity contribution in [1.29, 1.82) is 0 Å². The van der Waals surface area contributed by atoms with Gasteiger partial charge >= 0.3 is 0 Å². The first-order valence-electron chi connectivity index (χ1n) is 2.66. The molecule has 0 spiro atoms. The highest BCUT2D eigenvalue weighted by atomic mass is 35.7. The quantitative estimate of drug-likeness (QED) is 0.567. The van der Waals surface area contributed by atoms with Gasteiger partial charge in [-0.05, 0) is 23.8 Å². The number of rotatable bonds is 3. The molecule has 0 fully saturated rings. The van der Waals surface area contributed by atoms with Crippen molar-refractivity contribution in [2.75, 3.05) is 0 Å². The van der Waals surface area contributed by atoms with Crippen molar-refractivity contribution in [3.05, 3.63) is 37.2 Å². The molecule has 12 heavy (non-hydrogen) atoms. The Morgan fingerprint density at radius 2 is 0.750 bits per heavy atom. The van der Waals surface area contributed by atoms with Crippen LogP contribution in [0.3, 0.4) is 0 Å². The summed E-state index contributed by atoms with van der Waals surface area (Å²) in [7, 11) is 1.13. The van der Waals surface area contributed by atoms with Crippen molar-refractivity contribution < 1.29 is 0 Å².